The zero-order valence-corrected chi connectivity index (χ0v) is 10.6. The predicted octanol–water partition coefficient (Wildman–Crippen LogP) is 3.43. The fourth-order valence-corrected chi connectivity index (χ4v) is 1.87. The fourth-order valence-electron chi connectivity index (χ4n) is 1.32. The molecule has 0 aliphatic rings. The summed E-state index contributed by atoms with van der Waals surface area (Å²) in [6.07, 6.45) is 3.10. The molecule has 0 unspecified atom stereocenters. The number of halogens is 2. The highest BCUT2D eigenvalue weighted by Crippen LogP contribution is 2.39. The predicted molar refractivity (Wildman–Crippen MR) is 66.4 cm³/mol. The van der Waals surface area contributed by atoms with Gasteiger partial charge in [-0.15, -0.1) is 0 Å². The molecule has 0 radical (unpaired) electrons. The number of benzene rings is 1. The third-order valence-corrected chi connectivity index (χ3v) is 2.66. The molecule has 0 aliphatic heterocycles. The van der Waals surface area contributed by atoms with Gasteiger partial charge in [-0.25, -0.2) is 0 Å². The molecule has 1 heterocycles. The van der Waals surface area contributed by atoms with Crippen molar-refractivity contribution >= 4 is 28.9 Å². The minimum Gasteiger partial charge on any atom is -0.451 e. The lowest BCUT2D eigenvalue weighted by molar-refractivity contribution is -0.384. The van der Waals surface area contributed by atoms with Gasteiger partial charge < -0.3 is 4.74 Å². The average molecular weight is 288 g/mol. The van der Waals surface area contributed by atoms with Crippen LogP contribution in [0.2, 0.25) is 10.0 Å². The van der Waals surface area contributed by atoms with Crippen LogP contribution in [0, 0.1) is 10.1 Å². The summed E-state index contributed by atoms with van der Waals surface area (Å²) in [5, 5.41) is 14.7. The Morgan fingerprint density at radius 3 is 2.44 bits per heavy atom. The maximum absolute atomic E-state index is 10.6. The molecule has 0 saturated carbocycles. The van der Waals surface area contributed by atoms with Gasteiger partial charge in [0.15, 0.2) is 11.5 Å². The van der Waals surface area contributed by atoms with Crippen molar-refractivity contribution in [2.75, 3.05) is 0 Å². The van der Waals surface area contributed by atoms with E-state index in [-0.39, 0.29) is 21.5 Å². The first-order chi connectivity index (χ1) is 8.47. The second-order valence-corrected chi connectivity index (χ2v) is 4.26. The number of nitrogens with zero attached hydrogens (tertiary/aromatic N) is 3. The lowest BCUT2D eigenvalue weighted by Crippen LogP contribution is -1.91. The minimum atomic E-state index is -0.578. The van der Waals surface area contributed by atoms with E-state index in [1.54, 1.807) is 17.9 Å². The Kier molecular flexibility index (Phi) is 3.40. The molecule has 18 heavy (non-hydrogen) atoms. The molecule has 0 aliphatic carbocycles. The van der Waals surface area contributed by atoms with Crippen LogP contribution >= 0.6 is 23.2 Å². The van der Waals surface area contributed by atoms with Crippen LogP contribution in [0.5, 0.6) is 11.5 Å². The summed E-state index contributed by atoms with van der Waals surface area (Å²) in [6.45, 7) is 0. The molecule has 2 rings (SSSR count). The van der Waals surface area contributed by atoms with Crippen LogP contribution in [0.1, 0.15) is 0 Å². The Labute approximate surface area is 112 Å². The van der Waals surface area contributed by atoms with Crippen molar-refractivity contribution in [1.29, 1.82) is 0 Å². The molecule has 94 valence electrons. The minimum absolute atomic E-state index is 0.0676. The van der Waals surface area contributed by atoms with Gasteiger partial charge in [-0.3, -0.25) is 14.8 Å². The quantitative estimate of drug-likeness (QED) is 0.640. The van der Waals surface area contributed by atoms with Gasteiger partial charge in [0.25, 0.3) is 5.69 Å². The van der Waals surface area contributed by atoms with Crippen molar-refractivity contribution in [1.82, 2.24) is 9.78 Å². The highest BCUT2D eigenvalue weighted by molar-refractivity contribution is 6.37. The maximum Gasteiger partial charge on any atom is 0.272 e. The van der Waals surface area contributed by atoms with E-state index in [0.717, 1.165) is 0 Å². The highest BCUT2D eigenvalue weighted by Gasteiger charge is 2.16. The second-order valence-electron chi connectivity index (χ2n) is 3.45. The van der Waals surface area contributed by atoms with Gasteiger partial charge >= 0.3 is 0 Å². The first kappa shape index (κ1) is 12.7. The number of hydrogen-bond donors (Lipinski definition) is 0. The van der Waals surface area contributed by atoms with Crippen molar-refractivity contribution in [3.8, 4) is 11.5 Å². The van der Waals surface area contributed by atoms with Crippen molar-refractivity contribution in [3.05, 3.63) is 44.7 Å². The molecular weight excluding hydrogens is 281 g/mol. The van der Waals surface area contributed by atoms with Crippen LogP contribution in [0.4, 0.5) is 5.69 Å². The number of nitro benzene ring substituents is 1. The number of rotatable bonds is 3. The number of ether oxygens (including phenoxy) is 1. The normalized spacial score (nSPS) is 10.4. The first-order valence-corrected chi connectivity index (χ1v) is 5.53. The van der Waals surface area contributed by atoms with Gasteiger partial charge in [-0.1, -0.05) is 23.2 Å². The highest BCUT2D eigenvalue weighted by atomic mass is 35.5. The Hall–Kier alpha value is -1.79. The molecule has 6 nitrogen and oxygen atoms in total. The molecule has 8 heteroatoms. The van der Waals surface area contributed by atoms with E-state index in [1.807, 2.05) is 0 Å². The zero-order valence-electron chi connectivity index (χ0n) is 9.13. The van der Waals surface area contributed by atoms with E-state index >= 15 is 0 Å². The van der Waals surface area contributed by atoms with Crippen molar-refractivity contribution in [3.63, 3.8) is 0 Å². The Balaban J connectivity index is 2.37. The van der Waals surface area contributed by atoms with E-state index in [2.05, 4.69) is 5.10 Å². The molecule has 0 atom stereocenters. The third-order valence-electron chi connectivity index (χ3n) is 2.09. The van der Waals surface area contributed by atoms with Gasteiger partial charge in [0.05, 0.1) is 27.4 Å². The molecular formula is C10H7Cl2N3O3. The molecule has 0 saturated heterocycles. The maximum atomic E-state index is 10.6. The summed E-state index contributed by atoms with van der Waals surface area (Å²) in [5.74, 6) is 0.604. The van der Waals surface area contributed by atoms with Gasteiger partial charge in [-0.05, 0) is 0 Å². The number of nitro groups is 1. The number of hydrogen-bond acceptors (Lipinski definition) is 4. The molecule has 2 aromatic rings. The standard InChI is InChI=1S/C10H7Cl2N3O3/c1-14-5-7(4-13-14)18-10-8(11)2-6(15(16)17)3-9(10)12/h2-5H,1H3. The van der Waals surface area contributed by atoms with Crippen LogP contribution in [0.15, 0.2) is 24.5 Å². The van der Waals surface area contributed by atoms with Crippen LogP contribution in [0.25, 0.3) is 0 Å². The summed E-state index contributed by atoms with van der Waals surface area (Å²) in [5.41, 5.74) is -0.191. The van der Waals surface area contributed by atoms with Gasteiger partial charge in [0.2, 0.25) is 0 Å². The van der Waals surface area contributed by atoms with Crippen LogP contribution in [0.3, 0.4) is 0 Å². The third kappa shape index (κ3) is 2.55. The van der Waals surface area contributed by atoms with Crippen LogP contribution in [-0.2, 0) is 7.05 Å². The molecule has 0 bridgehead atoms. The van der Waals surface area contributed by atoms with E-state index < -0.39 is 4.92 Å². The molecule has 0 N–H and O–H groups in total. The van der Waals surface area contributed by atoms with Gasteiger partial charge in [0, 0.05) is 19.2 Å². The van der Waals surface area contributed by atoms with Crippen molar-refractivity contribution < 1.29 is 9.66 Å². The van der Waals surface area contributed by atoms with Gasteiger partial charge in [0.1, 0.15) is 0 Å². The zero-order chi connectivity index (χ0) is 13.3. The summed E-state index contributed by atoms with van der Waals surface area (Å²) in [7, 11) is 1.73. The summed E-state index contributed by atoms with van der Waals surface area (Å²) in [4.78, 5) is 10.0. The lowest BCUT2D eigenvalue weighted by atomic mass is 10.3. The molecule has 1 aromatic carbocycles. The van der Waals surface area contributed by atoms with E-state index in [4.69, 9.17) is 27.9 Å². The largest absolute Gasteiger partial charge is 0.451 e. The first-order valence-electron chi connectivity index (χ1n) is 4.77. The van der Waals surface area contributed by atoms with Gasteiger partial charge in [-0.2, -0.15) is 5.10 Å². The monoisotopic (exact) mass is 287 g/mol. The molecule has 1 aromatic heterocycles. The Morgan fingerprint density at radius 2 is 2.00 bits per heavy atom. The SMILES string of the molecule is Cn1cc(Oc2c(Cl)cc([N+](=O)[O-])cc2Cl)cn1. The molecule has 0 amide bonds. The molecule has 0 fully saturated rings. The summed E-state index contributed by atoms with van der Waals surface area (Å²) in [6, 6.07) is 2.36. The average Bonchev–Trinajstić information content (AvgIpc) is 2.69. The smallest absolute Gasteiger partial charge is 0.272 e. The number of aryl methyl sites for hydroxylation is 1. The van der Waals surface area contributed by atoms with Crippen LogP contribution in [-0.4, -0.2) is 14.7 Å². The van der Waals surface area contributed by atoms with Crippen molar-refractivity contribution in [2.24, 2.45) is 7.05 Å². The topological polar surface area (TPSA) is 70.2 Å². The number of aromatic nitrogens is 2. The van der Waals surface area contributed by atoms with E-state index in [1.165, 1.54) is 18.3 Å². The van der Waals surface area contributed by atoms with Crippen LogP contribution < -0.4 is 4.74 Å². The lowest BCUT2D eigenvalue weighted by Gasteiger charge is -2.07. The van der Waals surface area contributed by atoms with E-state index in [0.29, 0.717) is 5.75 Å². The Morgan fingerprint density at radius 1 is 1.39 bits per heavy atom. The second kappa shape index (κ2) is 4.83. The number of non-ortho nitro benzene ring substituents is 1. The van der Waals surface area contributed by atoms with Crippen molar-refractivity contribution in [2.45, 2.75) is 0 Å². The Bertz CT molecular complexity index is 589. The van der Waals surface area contributed by atoms with E-state index in [9.17, 15) is 10.1 Å². The molecule has 0 spiro atoms. The summed E-state index contributed by atoms with van der Waals surface area (Å²) < 4.78 is 6.97. The summed E-state index contributed by atoms with van der Waals surface area (Å²) >= 11 is 11.8. The fraction of sp³-hybridized carbons (Fsp3) is 0.100.